The number of anilines is 1. The second-order valence-corrected chi connectivity index (χ2v) is 8.51. The second-order valence-electron chi connectivity index (χ2n) is 6.94. The molecule has 1 amide bonds. The van der Waals surface area contributed by atoms with Gasteiger partial charge in [-0.15, -0.1) is 0 Å². The number of rotatable bonds is 2. The SMILES string of the molecule is O=C(OCc1ccccc1)N1CCC2(CC1)CNc1c(I)ccc(Cl)c12. The first kappa shape index (κ1) is 17.9. The smallest absolute Gasteiger partial charge is 0.410 e. The number of likely N-dealkylation sites (tertiary alicyclic amines) is 1. The van der Waals surface area contributed by atoms with Crippen molar-refractivity contribution in [2.75, 3.05) is 25.0 Å². The average molecular weight is 483 g/mol. The summed E-state index contributed by atoms with van der Waals surface area (Å²) in [5.74, 6) is 0. The van der Waals surface area contributed by atoms with E-state index in [4.69, 9.17) is 16.3 Å². The molecule has 1 fully saturated rings. The summed E-state index contributed by atoms with van der Waals surface area (Å²) >= 11 is 8.88. The molecular formula is C20H20ClIN2O2. The van der Waals surface area contributed by atoms with E-state index in [1.807, 2.05) is 47.4 Å². The van der Waals surface area contributed by atoms with Gasteiger partial charge in [0.05, 0.1) is 5.69 Å². The monoisotopic (exact) mass is 482 g/mol. The molecule has 2 aliphatic rings. The van der Waals surface area contributed by atoms with Crippen molar-refractivity contribution in [3.8, 4) is 0 Å². The van der Waals surface area contributed by atoms with Crippen molar-refractivity contribution in [1.29, 1.82) is 0 Å². The Hall–Kier alpha value is -1.47. The molecule has 1 spiro atoms. The van der Waals surface area contributed by atoms with Gasteiger partial charge in [0.15, 0.2) is 0 Å². The minimum atomic E-state index is -0.233. The van der Waals surface area contributed by atoms with E-state index in [1.165, 1.54) is 14.8 Å². The Morgan fingerprint density at radius 2 is 1.92 bits per heavy atom. The highest BCUT2D eigenvalue weighted by molar-refractivity contribution is 14.1. The Labute approximate surface area is 172 Å². The van der Waals surface area contributed by atoms with Gasteiger partial charge in [-0.05, 0) is 53.1 Å². The zero-order valence-electron chi connectivity index (χ0n) is 14.3. The first-order valence-corrected chi connectivity index (χ1v) is 10.2. The van der Waals surface area contributed by atoms with Gasteiger partial charge < -0.3 is 15.0 Å². The van der Waals surface area contributed by atoms with Crippen LogP contribution in [0, 0.1) is 3.57 Å². The Bertz CT molecular complexity index is 820. The molecule has 2 aliphatic heterocycles. The molecule has 136 valence electrons. The Kier molecular flexibility index (Phi) is 5.01. The highest BCUT2D eigenvalue weighted by Gasteiger charge is 2.44. The maximum Gasteiger partial charge on any atom is 0.410 e. The lowest BCUT2D eigenvalue weighted by Crippen LogP contribution is -2.46. The number of carbonyl (C=O) groups excluding carboxylic acids is 1. The zero-order valence-corrected chi connectivity index (χ0v) is 17.2. The molecule has 4 nitrogen and oxygen atoms in total. The maximum atomic E-state index is 12.4. The number of halogens is 2. The Morgan fingerprint density at radius 3 is 2.65 bits per heavy atom. The lowest BCUT2D eigenvalue weighted by Gasteiger charge is -2.39. The summed E-state index contributed by atoms with van der Waals surface area (Å²) in [4.78, 5) is 14.2. The molecule has 0 bridgehead atoms. The predicted molar refractivity (Wildman–Crippen MR) is 112 cm³/mol. The van der Waals surface area contributed by atoms with Gasteiger partial charge in [0.2, 0.25) is 0 Å². The number of carbonyl (C=O) groups is 1. The first-order chi connectivity index (χ1) is 12.6. The second kappa shape index (κ2) is 7.27. The van der Waals surface area contributed by atoms with Crippen LogP contribution in [0.5, 0.6) is 0 Å². The van der Waals surface area contributed by atoms with Crippen LogP contribution in [0.25, 0.3) is 0 Å². The van der Waals surface area contributed by atoms with E-state index in [9.17, 15) is 4.79 Å². The zero-order chi connectivity index (χ0) is 18.1. The number of amides is 1. The molecule has 2 aromatic rings. The highest BCUT2D eigenvalue weighted by Crippen LogP contribution is 2.48. The summed E-state index contributed by atoms with van der Waals surface area (Å²) in [5, 5.41) is 4.36. The fourth-order valence-corrected chi connectivity index (χ4v) is 4.94. The molecule has 6 heteroatoms. The van der Waals surface area contributed by atoms with Crippen molar-refractivity contribution in [2.24, 2.45) is 0 Å². The fourth-order valence-electron chi connectivity index (χ4n) is 3.94. The average Bonchev–Trinajstić information content (AvgIpc) is 3.04. The quantitative estimate of drug-likeness (QED) is 0.610. The highest BCUT2D eigenvalue weighted by atomic mass is 127. The van der Waals surface area contributed by atoms with Gasteiger partial charge in [0.1, 0.15) is 6.61 Å². The molecule has 4 rings (SSSR count). The molecule has 0 saturated carbocycles. The minimum Gasteiger partial charge on any atom is -0.445 e. The molecule has 0 unspecified atom stereocenters. The van der Waals surface area contributed by atoms with Crippen LogP contribution in [0.4, 0.5) is 10.5 Å². The lowest BCUT2D eigenvalue weighted by atomic mass is 9.74. The van der Waals surface area contributed by atoms with E-state index in [-0.39, 0.29) is 11.5 Å². The van der Waals surface area contributed by atoms with Gasteiger partial charge in [-0.1, -0.05) is 41.9 Å². The number of piperidine rings is 1. The van der Waals surface area contributed by atoms with Crippen LogP contribution in [0.15, 0.2) is 42.5 Å². The number of hydrogen-bond donors (Lipinski definition) is 1. The predicted octanol–water partition coefficient (Wildman–Crippen LogP) is 5.04. The van der Waals surface area contributed by atoms with Crippen molar-refractivity contribution in [1.82, 2.24) is 4.90 Å². The van der Waals surface area contributed by atoms with Crippen molar-refractivity contribution < 1.29 is 9.53 Å². The van der Waals surface area contributed by atoms with Gasteiger partial charge in [-0.25, -0.2) is 4.79 Å². The van der Waals surface area contributed by atoms with Crippen molar-refractivity contribution in [3.63, 3.8) is 0 Å². The van der Waals surface area contributed by atoms with E-state index in [2.05, 4.69) is 27.9 Å². The van der Waals surface area contributed by atoms with Gasteiger partial charge in [-0.2, -0.15) is 0 Å². The minimum absolute atomic E-state index is 0.0177. The van der Waals surface area contributed by atoms with E-state index in [0.29, 0.717) is 19.7 Å². The number of hydrogen-bond acceptors (Lipinski definition) is 3. The third-order valence-corrected chi connectivity index (χ3v) is 6.64. The third-order valence-electron chi connectivity index (χ3n) is 5.42. The van der Waals surface area contributed by atoms with Crippen molar-refractivity contribution in [3.05, 3.63) is 62.2 Å². The summed E-state index contributed by atoms with van der Waals surface area (Å²) in [6.45, 7) is 2.58. The largest absolute Gasteiger partial charge is 0.445 e. The molecule has 2 heterocycles. The first-order valence-electron chi connectivity index (χ1n) is 8.77. The van der Waals surface area contributed by atoms with Crippen LogP contribution in [0.3, 0.4) is 0 Å². The van der Waals surface area contributed by atoms with Crippen molar-refractivity contribution in [2.45, 2.75) is 24.9 Å². The molecule has 0 atom stereocenters. The molecule has 1 N–H and O–H groups in total. The molecule has 1 saturated heterocycles. The molecule has 26 heavy (non-hydrogen) atoms. The standard InChI is InChI=1S/C20H20ClIN2O2/c21-15-6-7-16(22)18-17(15)20(13-23-18)8-10-24(11-9-20)19(25)26-12-14-4-2-1-3-5-14/h1-7,23H,8-13H2. The number of nitrogens with zero attached hydrogens (tertiary/aromatic N) is 1. The van der Waals surface area contributed by atoms with Crippen LogP contribution >= 0.6 is 34.2 Å². The van der Waals surface area contributed by atoms with Gasteiger partial charge in [-0.3, -0.25) is 0 Å². The fraction of sp³-hybridized carbons (Fsp3) is 0.350. The number of nitrogens with one attached hydrogen (secondary N) is 1. The van der Waals surface area contributed by atoms with Crippen LogP contribution in [0.1, 0.15) is 24.0 Å². The normalized spacial score (nSPS) is 17.7. The van der Waals surface area contributed by atoms with E-state index in [0.717, 1.165) is 30.0 Å². The summed E-state index contributed by atoms with van der Waals surface area (Å²) in [5.41, 5.74) is 3.41. The topological polar surface area (TPSA) is 41.6 Å². The molecule has 0 aromatic heterocycles. The van der Waals surface area contributed by atoms with E-state index < -0.39 is 0 Å². The van der Waals surface area contributed by atoms with Crippen LogP contribution < -0.4 is 5.32 Å². The molecule has 2 aromatic carbocycles. The molecule has 0 radical (unpaired) electrons. The van der Waals surface area contributed by atoms with Crippen molar-refractivity contribution >= 4 is 46.0 Å². The van der Waals surface area contributed by atoms with Crippen LogP contribution in [-0.4, -0.2) is 30.6 Å². The van der Waals surface area contributed by atoms with Crippen LogP contribution in [-0.2, 0) is 16.8 Å². The third kappa shape index (κ3) is 3.27. The molecular weight excluding hydrogens is 463 g/mol. The van der Waals surface area contributed by atoms with E-state index in [1.54, 1.807) is 0 Å². The number of fused-ring (bicyclic) bond motifs is 2. The summed E-state index contributed by atoms with van der Waals surface area (Å²) in [6, 6.07) is 13.8. The summed E-state index contributed by atoms with van der Waals surface area (Å²) < 4.78 is 6.67. The molecule has 0 aliphatic carbocycles. The van der Waals surface area contributed by atoms with Crippen LogP contribution in [0.2, 0.25) is 5.02 Å². The van der Waals surface area contributed by atoms with Gasteiger partial charge >= 0.3 is 6.09 Å². The summed E-state index contributed by atoms with van der Waals surface area (Å²) in [7, 11) is 0. The number of ether oxygens (including phenoxy) is 1. The lowest BCUT2D eigenvalue weighted by molar-refractivity contribution is 0.0794. The Morgan fingerprint density at radius 1 is 1.19 bits per heavy atom. The van der Waals surface area contributed by atoms with Gasteiger partial charge in [0.25, 0.3) is 0 Å². The van der Waals surface area contributed by atoms with E-state index >= 15 is 0 Å². The Balaban J connectivity index is 1.41. The van der Waals surface area contributed by atoms with Gasteiger partial charge in [0, 0.05) is 39.2 Å². The number of benzene rings is 2. The maximum absolute atomic E-state index is 12.4. The summed E-state index contributed by atoms with van der Waals surface area (Å²) in [6.07, 6.45) is 1.56.